The van der Waals surface area contributed by atoms with Gasteiger partial charge in [-0.25, -0.2) is 0 Å². The molecule has 2 N–H and O–H groups in total. The number of nitro benzene ring substituents is 2. The van der Waals surface area contributed by atoms with Crippen LogP contribution in [0.15, 0.2) is 97.1 Å². The number of ketones is 1. The van der Waals surface area contributed by atoms with E-state index in [0.717, 1.165) is 41.8 Å². The van der Waals surface area contributed by atoms with E-state index in [0.29, 0.717) is 12.1 Å². The van der Waals surface area contributed by atoms with Crippen LogP contribution in [-0.2, 0) is 33.6 Å². The van der Waals surface area contributed by atoms with Crippen molar-refractivity contribution >= 4 is 77.6 Å². The van der Waals surface area contributed by atoms with E-state index in [1.165, 1.54) is 35.6 Å². The predicted molar refractivity (Wildman–Crippen MR) is 272 cm³/mol. The minimum absolute atomic E-state index is 0.0925. The second-order valence-corrected chi connectivity index (χ2v) is 10.8. The highest BCUT2D eigenvalue weighted by atomic mass is 128. The first-order chi connectivity index (χ1) is 29.4. The summed E-state index contributed by atoms with van der Waals surface area (Å²) in [5.41, 5.74) is 9.91. The van der Waals surface area contributed by atoms with Crippen LogP contribution in [0, 0.1) is 32.0 Å². The van der Waals surface area contributed by atoms with Crippen molar-refractivity contribution in [3.8, 4) is 0 Å². The number of anilines is 2. The summed E-state index contributed by atoms with van der Waals surface area (Å²) in [4.78, 5) is 56.1. The lowest BCUT2D eigenvalue weighted by Gasteiger charge is -2.30. The number of nitro groups is 2. The highest BCUT2D eigenvalue weighted by Gasteiger charge is 2.36. The summed E-state index contributed by atoms with van der Waals surface area (Å²) in [6.45, 7) is 27.4. The number of aryl methyl sites for hydroxylation is 3. The molecule has 61 heavy (non-hydrogen) atoms. The van der Waals surface area contributed by atoms with Crippen molar-refractivity contribution in [1.29, 1.82) is 0 Å². The highest BCUT2D eigenvalue weighted by molar-refractivity contribution is 15.0. The molecule has 1 saturated heterocycles. The average molecular weight is 1080 g/mol. The first-order valence-electron chi connectivity index (χ1n) is 20.9. The Kier molecular flexibility index (Phi) is 47.2. The number of carbonyl (C=O) groups excluding carboxylic acids is 3. The van der Waals surface area contributed by atoms with E-state index in [9.17, 15) is 39.0 Å². The first kappa shape index (κ1) is 65.8. The van der Waals surface area contributed by atoms with E-state index in [4.69, 9.17) is 5.73 Å². The number of nitrogens with two attached hydrogens (primary N) is 1. The quantitative estimate of drug-likeness (QED) is 0.0627. The zero-order valence-electron chi connectivity index (χ0n) is 38.8. The average Bonchev–Trinajstić information content (AvgIpc) is 3.31. The lowest BCUT2D eigenvalue weighted by atomic mass is 9.91. The van der Waals surface area contributed by atoms with Crippen molar-refractivity contribution in [3.63, 3.8) is 0 Å². The van der Waals surface area contributed by atoms with E-state index in [1.54, 1.807) is 18.2 Å². The Bertz CT molecular complexity index is 1760. The molecule has 0 aromatic heterocycles. The third kappa shape index (κ3) is 26.6. The maximum absolute atomic E-state index is 12.4. The Labute approximate surface area is 389 Å². The van der Waals surface area contributed by atoms with E-state index in [2.05, 4.69) is 50.2 Å². The summed E-state index contributed by atoms with van der Waals surface area (Å²) < 4.78 is 12.4. The van der Waals surface area contributed by atoms with Crippen LogP contribution in [0.3, 0.4) is 0 Å². The zero-order chi connectivity index (χ0) is 48.5. The molecule has 5 rings (SSSR count). The number of hydrogen-bond donors (Lipinski definition) is 1. The Morgan fingerprint density at radius 3 is 1.30 bits per heavy atom. The normalized spacial score (nSPS) is 10.5. The Morgan fingerprint density at radius 2 is 0.967 bits per heavy atom. The zero-order valence-corrected chi connectivity index (χ0v) is 43.1. The molecule has 342 valence electrons. The molecule has 1 fully saturated rings. The van der Waals surface area contributed by atoms with Crippen LogP contribution in [0.1, 0.15) is 126 Å². The first-order valence-corrected chi connectivity index (χ1v) is 27.2. The van der Waals surface area contributed by atoms with Crippen molar-refractivity contribution in [1.82, 2.24) is 0 Å². The monoisotopic (exact) mass is 1080 g/mol. The molecule has 0 unspecified atom stereocenters. The lowest BCUT2D eigenvalue weighted by Crippen LogP contribution is -2.45. The SMILES string of the molecule is CC.CC.CC.CC.CC.CCc1ccccc1N.CCc1ccccc1N1C(=O)CC(C(C)=O)CC1=O.CCc1ccccc1[N+](=O)[O-].II.O=[N+]([O-])c1ccccc1F. The standard InChI is InChI=1S/C15H17NO3.C8H9NO2.C8H11N.C6H4FNO2.5C2H6.I2/c1-3-11-6-4-5-7-13(11)16-14(18)8-12(10(2)17)9-15(16)19;1-2-7-5-3-4-6-8(7)9(10)11;1-2-7-5-3-4-6-8(7)9;7-5-3-1-2-4-6(5)8(9)10;6*1-2/h4-7,12H,3,8-9H2,1-2H3;3-6H,2H2,1H3;3-6H,2,9H2,1H3;1-4H;5*1-2H3;. The van der Waals surface area contributed by atoms with Gasteiger partial charge in [0.25, 0.3) is 5.69 Å². The molecule has 4 aromatic rings. The van der Waals surface area contributed by atoms with Gasteiger partial charge >= 0.3 is 5.69 Å². The van der Waals surface area contributed by atoms with Gasteiger partial charge in [0.1, 0.15) is 5.78 Å². The van der Waals surface area contributed by atoms with Gasteiger partial charge in [-0.1, -0.05) is 157 Å². The van der Waals surface area contributed by atoms with E-state index >= 15 is 0 Å². The minimum atomic E-state index is -0.799. The molecule has 0 spiro atoms. The van der Waals surface area contributed by atoms with Crippen molar-refractivity contribution in [2.45, 2.75) is 129 Å². The molecular formula is C47H71FI2N4O7. The number of hydrogen-bond acceptors (Lipinski definition) is 8. The number of nitrogen functional groups attached to an aromatic ring is 1. The summed E-state index contributed by atoms with van der Waals surface area (Å²) >= 11 is 4.24. The third-order valence-electron chi connectivity index (χ3n) is 7.58. The number of rotatable bonds is 7. The van der Waals surface area contributed by atoms with Crippen LogP contribution in [0.2, 0.25) is 0 Å². The molecule has 0 bridgehead atoms. The largest absolute Gasteiger partial charge is 0.399 e. The fourth-order valence-electron chi connectivity index (χ4n) is 4.84. The van der Waals surface area contributed by atoms with Gasteiger partial charge in [-0.3, -0.25) is 39.5 Å². The second-order valence-electron chi connectivity index (χ2n) is 10.8. The van der Waals surface area contributed by atoms with Crippen LogP contribution in [-0.4, -0.2) is 27.4 Å². The van der Waals surface area contributed by atoms with Crippen molar-refractivity contribution < 1.29 is 28.6 Å². The number of carbonyl (C=O) groups is 3. The number of halogens is 3. The number of nitrogens with zero attached hydrogens (tertiary/aromatic N) is 3. The van der Waals surface area contributed by atoms with Crippen LogP contribution >= 0.6 is 37.2 Å². The third-order valence-corrected chi connectivity index (χ3v) is 7.58. The molecule has 1 aliphatic heterocycles. The molecule has 14 heteroatoms. The minimum Gasteiger partial charge on any atom is -0.399 e. The molecule has 11 nitrogen and oxygen atoms in total. The topological polar surface area (TPSA) is 167 Å². The molecule has 1 heterocycles. The summed E-state index contributed by atoms with van der Waals surface area (Å²) in [7, 11) is 0. The van der Waals surface area contributed by atoms with Crippen LogP contribution in [0.4, 0.5) is 27.1 Å². The summed E-state index contributed by atoms with van der Waals surface area (Å²) in [5, 5.41) is 20.4. The number of para-hydroxylation sites is 4. The van der Waals surface area contributed by atoms with E-state index < -0.39 is 22.3 Å². The highest BCUT2D eigenvalue weighted by Crippen LogP contribution is 2.29. The molecule has 2 amide bonds. The van der Waals surface area contributed by atoms with Crippen LogP contribution in [0.5, 0.6) is 0 Å². The Morgan fingerprint density at radius 1 is 0.623 bits per heavy atom. The van der Waals surface area contributed by atoms with Gasteiger partial charge in [-0.05, 0) is 55.5 Å². The molecule has 0 radical (unpaired) electrons. The number of imide groups is 1. The molecule has 0 aliphatic carbocycles. The Hall–Kier alpha value is -4.32. The fourth-order valence-corrected chi connectivity index (χ4v) is 4.84. The van der Waals surface area contributed by atoms with Crippen molar-refractivity contribution in [2.24, 2.45) is 5.92 Å². The number of benzene rings is 4. The van der Waals surface area contributed by atoms with Gasteiger partial charge < -0.3 is 5.73 Å². The summed E-state index contributed by atoms with van der Waals surface area (Å²) in [5.74, 6) is -1.91. The van der Waals surface area contributed by atoms with Crippen LogP contribution in [0.25, 0.3) is 0 Å². The van der Waals surface area contributed by atoms with Gasteiger partial charge in [0.2, 0.25) is 17.6 Å². The van der Waals surface area contributed by atoms with Crippen molar-refractivity contribution in [2.75, 3.05) is 10.6 Å². The lowest BCUT2D eigenvalue weighted by molar-refractivity contribution is -0.387. The van der Waals surface area contributed by atoms with Gasteiger partial charge in [-0.15, -0.1) is 0 Å². The second kappa shape index (κ2) is 43.8. The fraction of sp³-hybridized carbons (Fsp3) is 0.426. The van der Waals surface area contributed by atoms with Crippen LogP contribution < -0.4 is 10.6 Å². The van der Waals surface area contributed by atoms with Gasteiger partial charge in [-0.2, -0.15) is 4.39 Å². The molecular weight excluding hydrogens is 1010 g/mol. The smallest absolute Gasteiger partial charge is 0.304 e. The van der Waals surface area contributed by atoms with Gasteiger partial charge in [0.05, 0.1) is 15.5 Å². The summed E-state index contributed by atoms with van der Waals surface area (Å²) in [6.07, 6.45) is 2.73. The van der Waals surface area contributed by atoms with E-state index in [-0.39, 0.29) is 41.0 Å². The maximum atomic E-state index is 12.4. The van der Waals surface area contributed by atoms with Crippen molar-refractivity contribution in [3.05, 3.63) is 140 Å². The number of Topliss-reactive ketones (excluding diaryl/α,β-unsaturated/α-hetero) is 1. The summed E-state index contributed by atoms with van der Waals surface area (Å²) in [6, 6.07) is 27.1. The molecule has 1 aliphatic rings. The van der Waals surface area contributed by atoms with Gasteiger partial charge in [0, 0.05) is 79.4 Å². The maximum Gasteiger partial charge on any atom is 0.304 e. The molecule has 4 aromatic carbocycles. The molecule has 0 atom stereocenters. The molecule has 0 saturated carbocycles. The predicted octanol–water partition coefficient (Wildman–Crippen LogP) is 14.7. The number of piperidine rings is 1. The number of amides is 2. The van der Waals surface area contributed by atoms with Gasteiger partial charge in [0.15, 0.2) is 0 Å². The van der Waals surface area contributed by atoms with E-state index in [1.807, 2.05) is 126 Å². The Balaban J connectivity index is -0.000000218.